The van der Waals surface area contributed by atoms with Gasteiger partial charge in [-0.05, 0) is 36.6 Å². The molecule has 0 aliphatic heterocycles. The Balaban J connectivity index is 0.00000288. The minimum atomic E-state index is -0.187. The minimum Gasteiger partial charge on any atom is -0.412 e. The van der Waals surface area contributed by atoms with E-state index in [1.807, 2.05) is 0 Å². The standard InChI is InChI=1S/C22H33N.H2O/c1-4-5-6-7-8-9-17-21(22(2,3)23)20-16-12-14-18-13-10-11-15-19(18)20;/h10-16,21H,4-9,17,23H2,1-3H3;1H2. The zero-order valence-electron chi connectivity index (χ0n) is 15.6. The number of benzene rings is 2. The van der Waals surface area contributed by atoms with Crippen LogP contribution in [0.15, 0.2) is 42.5 Å². The van der Waals surface area contributed by atoms with Gasteiger partial charge in [0.2, 0.25) is 0 Å². The maximum absolute atomic E-state index is 6.57. The van der Waals surface area contributed by atoms with Gasteiger partial charge in [-0.15, -0.1) is 0 Å². The molecule has 0 heterocycles. The number of hydrogen-bond acceptors (Lipinski definition) is 1. The van der Waals surface area contributed by atoms with Gasteiger partial charge in [-0.1, -0.05) is 87.9 Å². The molecule has 0 aliphatic carbocycles. The van der Waals surface area contributed by atoms with E-state index in [0.717, 1.165) is 0 Å². The SMILES string of the molecule is CCCCCCCCC(c1cccc2ccccc12)C(C)(C)N.O. The molecule has 0 radical (unpaired) electrons. The van der Waals surface area contributed by atoms with E-state index < -0.39 is 0 Å². The molecule has 1 atom stereocenters. The average Bonchev–Trinajstić information content (AvgIpc) is 2.53. The maximum atomic E-state index is 6.57. The van der Waals surface area contributed by atoms with Crippen molar-refractivity contribution in [1.29, 1.82) is 0 Å². The van der Waals surface area contributed by atoms with Crippen LogP contribution in [0.25, 0.3) is 10.8 Å². The van der Waals surface area contributed by atoms with Crippen LogP contribution in [-0.2, 0) is 0 Å². The number of nitrogens with two attached hydrogens (primary N) is 1. The highest BCUT2D eigenvalue weighted by Gasteiger charge is 2.27. The van der Waals surface area contributed by atoms with Gasteiger partial charge in [-0.3, -0.25) is 0 Å². The first-order valence-corrected chi connectivity index (χ1v) is 9.30. The summed E-state index contributed by atoms with van der Waals surface area (Å²) in [6, 6.07) is 15.3. The second-order valence-electron chi connectivity index (χ2n) is 7.50. The summed E-state index contributed by atoms with van der Waals surface area (Å²) in [4.78, 5) is 0. The lowest BCUT2D eigenvalue weighted by molar-refractivity contribution is 0.378. The number of hydrogen-bond donors (Lipinski definition) is 1. The van der Waals surface area contributed by atoms with Crippen LogP contribution in [0.5, 0.6) is 0 Å². The lowest BCUT2D eigenvalue weighted by Gasteiger charge is -2.32. The molecule has 0 spiro atoms. The quantitative estimate of drug-likeness (QED) is 0.599. The topological polar surface area (TPSA) is 57.5 Å². The summed E-state index contributed by atoms with van der Waals surface area (Å²) in [5.41, 5.74) is 7.80. The van der Waals surface area contributed by atoms with Crippen LogP contribution < -0.4 is 5.73 Å². The predicted octanol–water partition coefficient (Wildman–Crippen LogP) is 5.59. The van der Waals surface area contributed by atoms with Crippen molar-refractivity contribution in [3.63, 3.8) is 0 Å². The van der Waals surface area contributed by atoms with Crippen molar-refractivity contribution in [1.82, 2.24) is 0 Å². The maximum Gasteiger partial charge on any atom is 0.0166 e. The fourth-order valence-electron chi connectivity index (χ4n) is 3.61. The van der Waals surface area contributed by atoms with Crippen molar-refractivity contribution in [3.8, 4) is 0 Å². The third-order valence-electron chi connectivity index (χ3n) is 4.94. The monoisotopic (exact) mass is 329 g/mol. The van der Waals surface area contributed by atoms with E-state index >= 15 is 0 Å². The Kier molecular flexibility index (Phi) is 8.44. The molecule has 0 amide bonds. The van der Waals surface area contributed by atoms with Crippen molar-refractivity contribution in [2.45, 2.75) is 77.2 Å². The van der Waals surface area contributed by atoms with Gasteiger partial charge >= 0.3 is 0 Å². The summed E-state index contributed by atoms with van der Waals surface area (Å²) in [6.45, 7) is 6.63. The first-order chi connectivity index (χ1) is 11.0. The van der Waals surface area contributed by atoms with Gasteiger partial charge < -0.3 is 11.2 Å². The Bertz CT molecular complexity index is 595. The van der Waals surface area contributed by atoms with E-state index in [0.29, 0.717) is 5.92 Å². The largest absolute Gasteiger partial charge is 0.412 e. The summed E-state index contributed by atoms with van der Waals surface area (Å²) in [6.07, 6.45) is 9.21. The highest BCUT2D eigenvalue weighted by molar-refractivity contribution is 5.86. The number of rotatable bonds is 9. The van der Waals surface area contributed by atoms with E-state index in [2.05, 4.69) is 63.2 Å². The van der Waals surface area contributed by atoms with Crippen LogP contribution in [-0.4, -0.2) is 11.0 Å². The summed E-state index contributed by atoms with van der Waals surface area (Å²) in [5, 5.41) is 2.69. The van der Waals surface area contributed by atoms with Gasteiger partial charge in [0.15, 0.2) is 0 Å². The second kappa shape index (κ2) is 9.80. The molecule has 0 saturated carbocycles. The molecule has 0 fully saturated rings. The van der Waals surface area contributed by atoms with E-state index in [-0.39, 0.29) is 11.0 Å². The third-order valence-corrected chi connectivity index (χ3v) is 4.94. The van der Waals surface area contributed by atoms with Crippen LogP contribution in [0, 0.1) is 0 Å². The van der Waals surface area contributed by atoms with Gasteiger partial charge in [0, 0.05) is 11.5 Å². The molecule has 4 N–H and O–H groups in total. The molecule has 2 rings (SSSR count). The Morgan fingerprint density at radius 1 is 0.875 bits per heavy atom. The summed E-state index contributed by atoms with van der Waals surface area (Å²) in [7, 11) is 0. The molecule has 2 nitrogen and oxygen atoms in total. The van der Waals surface area contributed by atoms with E-state index in [1.54, 1.807) is 0 Å². The molecule has 0 bridgehead atoms. The van der Waals surface area contributed by atoms with Gasteiger partial charge in [0.1, 0.15) is 0 Å². The molecule has 0 aromatic heterocycles. The van der Waals surface area contributed by atoms with E-state index in [1.165, 1.54) is 61.3 Å². The first-order valence-electron chi connectivity index (χ1n) is 9.30. The molecule has 1 unspecified atom stereocenters. The Hall–Kier alpha value is -1.38. The van der Waals surface area contributed by atoms with E-state index in [9.17, 15) is 0 Å². The average molecular weight is 330 g/mol. The molecule has 0 aliphatic rings. The summed E-state index contributed by atoms with van der Waals surface area (Å²) < 4.78 is 0. The van der Waals surface area contributed by atoms with Crippen LogP contribution in [0.1, 0.15) is 77.2 Å². The molecule has 134 valence electrons. The highest BCUT2D eigenvalue weighted by Crippen LogP contribution is 2.35. The van der Waals surface area contributed by atoms with Gasteiger partial charge in [-0.25, -0.2) is 0 Å². The second-order valence-corrected chi connectivity index (χ2v) is 7.50. The lowest BCUT2D eigenvalue weighted by atomic mass is 9.77. The normalized spacial score (nSPS) is 12.8. The Morgan fingerprint density at radius 3 is 2.21 bits per heavy atom. The molecule has 0 saturated heterocycles. The molecular formula is C22H35NO. The van der Waals surface area contributed by atoms with Crippen molar-refractivity contribution >= 4 is 10.8 Å². The molecular weight excluding hydrogens is 294 g/mol. The van der Waals surface area contributed by atoms with E-state index in [4.69, 9.17) is 5.73 Å². The van der Waals surface area contributed by atoms with Crippen LogP contribution in [0.2, 0.25) is 0 Å². The van der Waals surface area contributed by atoms with Crippen LogP contribution in [0.4, 0.5) is 0 Å². The summed E-state index contributed by atoms with van der Waals surface area (Å²) in [5.74, 6) is 0.416. The molecule has 24 heavy (non-hydrogen) atoms. The fraction of sp³-hybridized carbons (Fsp3) is 0.545. The van der Waals surface area contributed by atoms with Crippen molar-refractivity contribution in [3.05, 3.63) is 48.0 Å². The number of fused-ring (bicyclic) bond motifs is 1. The smallest absolute Gasteiger partial charge is 0.0166 e. The fourth-order valence-corrected chi connectivity index (χ4v) is 3.61. The third kappa shape index (κ3) is 5.61. The predicted molar refractivity (Wildman–Crippen MR) is 107 cm³/mol. The number of unbranched alkanes of at least 4 members (excludes halogenated alkanes) is 5. The zero-order valence-corrected chi connectivity index (χ0v) is 15.6. The van der Waals surface area contributed by atoms with Gasteiger partial charge in [-0.2, -0.15) is 0 Å². The van der Waals surface area contributed by atoms with Gasteiger partial charge in [0.25, 0.3) is 0 Å². The van der Waals surface area contributed by atoms with Crippen molar-refractivity contribution in [2.24, 2.45) is 5.73 Å². The summed E-state index contributed by atoms with van der Waals surface area (Å²) >= 11 is 0. The van der Waals surface area contributed by atoms with Gasteiger partial charge in [0.05, 0.1) is 0 Å². The minimum absolute atomic E-state index is 0. The molecule has 2 aromatic carbocycles. The molecule has 2 aromatic rings. The van der Waals surface area contributed by atoms with Crippen LogP contribution >= 0.6 is 0 Å². The molecule has 2 heteroatoms. The highest BCUT2D eigenvalue weighted by atomic mass is 16.0. The Labute approximate surface area is 147 Å². The Morgan fingerprint density at radius 2 is 1.50 bits per heavy atom. The van der Waals surface area contributed by atoms with Crippen molar-refractivity contribution in [2.75, 3.05) is 0 Å². The zero-order chi connectivity index (χ0) is 16.7. The first kappa shape index (κ1) is 20.7. The van der Waals surface area contributed by atoms with Crippen LogP contribution in [0.3, 0.4) is 0 Å². The lowest BCUT2D eigenvalue weighted by Crippen LogP contribution is -2.39. The van der Waals surface area contributed by atoms with Crippen molar-refractivity contribution < 1.29 is 5.48 Å².